The Morgan fingerprint density at radius 3 is 2.92 bits per heavy atom. The second-order valence-corrected chi connectivity index (χ2v) is 6.94. The van der Waals surface area contributed by atoms with E-state index in [4.69, 9.17) is 4.52 Å². The van der Waals surface area contributed by atoms with Crippen LogP contribution in [0.4, 0.5) is 0 Å². The fraction of sp³-hybridized carbons (Fsp3) is 0.111. The molecule has 0 aliphatic carbocycles. The SMILES string of the molecule is Cc1ccc(-c2cc(C(=O)NCc3cc(-c4ccccn4)no3)n[nH]2)s1. The largest absolute Gasteiger partial charge is 0.359 e. The third-order valence-corrected chi connectivity index (χ3v) is 4.76. The predicted octanol–water partition coefficient (Wildman–Crippen LogP) is 3.43. The van der Waals surface area contributed by atoms with Crippen LogP contribution in [-0.4, -0.2) is 26.2 Å². The number of thiophene rings is 1. The van der Waals surface area contributed by atoms with Crippen LogP contribution in [0.1, 0.15) is 21.1 Å². The van der Waals surface area contributed by atoms with E-state index in [0.29, 0.717) is 17.1 Å². The first-order chi connectivity index (χ1) is 12.7. The van der Waals surface area contributed by atoms with Crippen molar-refractivity contribution in [1.29, 1.82) is 0 Å². The van der Waals surface area contributed by atoms with Crippen molar-refractivity contribution in [3.63, 3.8) is 0 Å². The molecule has 4 heterocycles. The highest BCUT2D eigenvalue weighted by Gasteiger charge is 2.14. The number of carbonyl (C=O) groups is 1. The number of pyridine rings is 1. The highest BCUT2D eigenvalue weighted by Crippen LogP contribution is 2.26. The van der Waals surface area contributed by atoms with Crippen molar-refractivity contribution in [2.45, 2.75) is 13.5 Å². The van der Waals surface area contributed by atoms with Crippen molar-refractivity contribution < 1.29 is 9.32 Å². The van der Waals surface area contributed by atoms with Crippen LogP contribution in [0.15, 0.2) is 53.2 Å². The molecule has 8 heteroatoms. The van der Waals surface area contributed by atoms with Gasteiger partial charge in [-0.15, -0.1) is 11.3 Å². The standard InChI is InChI=1S/C18H15N5O2S/c1-11-5-6-17(26-11)15-9-16(22-21-15)18(24)20-10-12-8-14(23-25-12)13-4-2-3-7-19-13/h2-9H,10H2,1H3,(H,20,24)(H,21,22). The van der Waals surface area contributed by atoms with Crippen LogP contribution in [0.5, 0.6) is 0 Å². The first-order valence-corrected chi connectivity index (χ1v) is 8.78. The van der Waals surface area contributed by atoms with Crippen molar-refractivity contribution in [2.24, 2.45) is 0 Å². The number of rotatable bonds is 5. The molecule has 0 fully saturated rings. The zero-order chi connectivity index (χ0) is 17.9. The lowest BCUT2D eigenvalue weighted by Gasteiger charge is -1.98. The van der Waals surface area contributed by atoms with Crippen LogP contribution >= 0.6 is 11.3 Å². The second kappa shape index (κ2) is 6.93. The van der Waals surface area contributed by atoms with Crippen LogP contribution in [0.2, 0.25) is 0 Å². The van der Waals surface area contributed by atoms with E-state index in [-0.39, 0.29) is 12.5 Å². The summed E-state index contributed by atoms with van der Waals surface area (Å²) in [7, 11) is 0. The number of carbonyl (C=O) groups excluding carboxylic acids is 1. The van der Waals surface area contributed by atoms with Gasteiger partial charge in [0.2, 0.25) is 0 Å². The fourth-order valence-electron chi connectivity index (χ4n) is 2.43. The highest BCUT2D eigenvalue weighted by atomic mass is 32.1. The Morgan fingerprint density at radius 2 is 2.15 bits per heavy atom. The number of nitrogens with one attached hydrogen (secondary N) is 2. The Kier molecular flexibility index (Phi) is 4.32. The first-order valence-electron chi connectivity index (χ1n) is 7.96. The summed E-state index contributed by atoms with van der Waals surface area (Å²) in [5, 5.41) is 13.7. The number of aromatic amines is 1. The maximum atomic E-state index is 12.3. The second-order valence-electron chi connectivity index (χ2n) is 5.65. The molecule has 4 aromatic rings. The number of hydrogen-bond donors (Lipinski definition) is 2. The number of amides is 1. The van der Waals surface area contributed by atoms with Gasteiger partial charge in [0.15, 0.2) is 11.5 Å². The quantitative estimate of drug-likeness (QED) is 0.565. The molecule has 26 heavy (non-hydrogen) atoms. The normalized spacial score (nSPS) is 10.8. The molecule has 0 aliphatic rings. The van der Waals surface area contributed by atoms with Gasteiger partial charge in [0.25, 0.3) is 5.91 Å². The number of H-pyrrole nitrogens is 1. The maximum absolute atomic E-state index is 12.3. The van der Waals surface area contributed by atoms with E-state index < -0.39 is 0 Å². The topological polar surface area (TPSA) is 96.7 Å². The zero-order valence-corrected chi connectivity index (χ0v) is 14.7. The highest BCUT2D eigenvalue weighted by molar-refractivity contribution is 7.15. The van der Waals surface area contributed by atoms with Crippen molar-refractivity contribution in [1.82, 2.24) is 25.7 Å². The van der Waals surface area contributed by atoms with E-state index in [1.165, 1.54) is 4.88 Å². The van der Waals surface area contributed by atoms with Gasteiger partial charge in [-0.1, -0.05) is 11.2 Å². The lowest BCUT2D eigenvalue weighted by Crippen LogP contribution is -2.22. The number of aryl methyl sites for hydroxylation is 1. The molecule has 130 valence electrons. The van der Waals surface area contributed by atoms with Gasteiger partial charge in [0.1, 0.15) is 5.69 Å². The number of nitrogens with zero attached hydrogens (tertiary/aromatic N) is 3. The molecule has 0 saturated carbocycles. The van der Waals surface area contributed by atoms with Gasteiger partial charge in [-0.05, 0) is 37.3 Å². The molecule has 0 atom stereocenters. The third kappa shape index (κ3) is 3.40. The number of hydrogen-bond acceptors (Lipinski definition) is 6. The molecular formula is C18H15N5O2S. The molecule has 0 bridgehead atoms. The Morgan fingerprint density at radius 1 is 1.23 bits per heavy atom. The lowest BCUT2D eigenvalue weighted by molar-refractivity contribution is 0.0942. The summed E-state index contributed by atoms with van der Waals surface area (Å²) in [5.74, 6) is 0.264. The average Bonchev–Trinajstić information content (AvgIpc) is 3.40. The van der Waals surface area contributed by atoms with Gasteiger partial charge >= 0.3 is 0 Å². The van der Waals surface area contributed by atoms with Crippen LogP contribution in [0.25, 0.3) is 22.0 Å². The summed E-state index contributed by atoms with van der Waals surface area (Å²) in [4.78, 5) is 18.7. The van der Waals surface area contributed by atoms with Crippen molar-refractivity contribution >= 4 is 17.2 Å². The molecule has 1 amide bonds. The molecule has 2 N–H and O–H groups in total. The van der Waals surface area contributed by atoms with Gasteiger partial charge in [-0.25, -0.2) is 0 Å². The Labute approximate surface area is 153 Å². The Balaban J connectivity index is 1.40. The molecule has 0 saturated heterocycles. The molecule has 0 radical (unpaired) electrons. The Hall–Kier alpha value is -3.26. The van der Waals surface area contributed by atoms with Crippen LogP contribution < -0.4 is 5.32 Å². The molecular weight excluding hydrogens is 350 g/mol. The zero-order valence-electron chi connectivity index (χ0n) is 13.9. The lowest BCUT2D eigenvalue weighted by atomic mass is 10.2. The molecule has 4 aromatic heterocycles. The summed E-state index contributed by atoms with van der Waals surface area (Å²) in [6.45, 7) is 2.26. The minimum atomic E-state index is -0.281. The van der Waals surface area contributed by atoms with Crippen molar-refractivity contribution in [2.75, 3.05) is 0 Å². The summed E-state index contributed by atoms with van der Waals surface area (Å²) in [6, 6.07) is 13.1. The molecule has 7 nitrogen and oxygen atoms in total. The van der Waals surface area contributed by atoms with Crippen LogP contribution in [-0.2, 0) is 6.54 Å². The van der Waals surface area contributed by atoms with E-state index in [1.54, 1.807) is 29.7 Å². The van der Waals surface area contributed by atoms with Crippen molar-refractivity contribution in [3.8, 4) is 22.0 Å². The Bertz CT molecular complexity index is 1030. The predicted molar refractivity (Wildman–Crippen MR) is 97.5 cm³/mol. The summed E-state index contributed by atoms with van der Waals surface area (Å²) in [5.41, 5.74) is 2.50. The summed E-state index contributed by atoms with van der Waals surface area (Å²) >= 11 is 1.64. The van der Waals surface area contributed by atoms with Crippen molar-refractivity contribution in [3.05, 3.63) is 65.0 Å². The van der Waals surface area contributed by atoms with Gasteiger partial charge in [-0.2, -0.15) is 5.10 Å². The maximum Gasteiger partial charge on any atom is 0.272 e. The van der Waals surface area contributed by atoms with Gasteiger partial charge in [0, 0.05) is 17.1 Å². The third-order valence-electron chi connectivity index (χ3n) is 3.73. The minimum Gasteiger partial charge on any atom is -0.359 e. The summed E-state index contributed by atoms with van der Waals surface area (Å²) in [6.07, 6.45) is 1.69. The smallest absolute Gasteiger partial charge is 0.272 e. The van der Waals surface area contributed by atoms with Crippen LogP contribution in [0.3, 0.4) is 0 Å². The molecule has 0 unspecified atom stereocenters. The van der Waals surface area contributed by atoms with E-state index >= 15 is 0 Å². The van der Waals surface area contributed by atoms with E-state index in [1.807, 2.05) is 37.3 Å². The first kappa shape index (κ1) is 16.2. The van der Waals surface area contributed by atoms with E-state index in [2.05, 4.69) is 25.7 Å². The molecule has 4 rings (SSSR count). The van der Waals surface area contributed by atoms with Gasteiger partial charge < -0.3 is 9.84 Å². The minimum absolute atomic E-state index is 0.221. The molecule has 0 aromatic carbocycles. The monoisotopic (exact) mass is 365 g/mol. The number of aromatic nitrogens is 4. The molecule has 0 spiro atoms. The fourth-order valence-corrected chi connectivity index (χ4v) is 3.27. The molecule has 0 aliphatic heterocycles. The summed E-state index contributed by atoms with van der Waals surface area (Å²) < 4.78 is 5.25. The van der Waals surface area contributed by atoms with E-state index in [9.17, 15) is 4.79 Å². The average molecular weight is 365 g/mol. The van der Waals surface area contributed by atoms with Gasteiger partial charge in [0.05, 0.1) is 22.8 Å². The van der Waals surface area contributed by atoms with Gasteiger partial charge in [-0.3, -0.25) is 14.9 Å². The van der Waals surface area contributed by atoms with Crippen LogP contribution in [0, 0.1) is 6.92 Å². The van der Waals surface area contributed by atoms with E-state index in [0.717, 1.165) is 16.3 Å².